The molecule has 0 N–H and O–H groups in total. The summed E-state index contributed by atoms with van der Waals surface area (Å²) in [6.45, 7) is 0. The smallest absolute Gasteiger partial charge is 0.291 e. The van der Waals surface area contributed by atoms with Crippen molar-refractivity contribution in [3.05, 3.63) is 57.3 Å². The fourth-order valence-corrected chi connectivity index (χ4v) is 2.57. The molecule has 0 amide bonds. The third-order valence-corrected chi connectivity index (χ3v) is 3.49. The Bertz CT molecular complexity index is 808. The minimum absolute atomic E-state index is 0.136. The molecule has 1 aromatic heterocycles. The van der Waals surface area contributed by atoms with Crippen molar-refractivity contribution in [2.24, 2.45) is 0 Å². The molecule has 0 spiro atoms. The number of pyridine rings is 1. The van der Waals surface area contributed by atoms with Crippen molar-refractivity contribution < 1.29 is 4.84 Å². The summed E-state index contributed by atoms with van der Waals surface area (Å²) < 4.78 is 2.30. The summed E-state index contributed by atoms with van der Waals surface area (Å²) in [6.07, 6.45) is 0. The first-order valence-electron chi connectivity index (χ1n) is 5.50. The quantitative estimate of drug-likeness (QED) is 0.647. The van der Waals surface area contributed by atoms with Crippen LogP contribution in [0.25, 0.3) is 21.7 Å². The molecule has 90 valence electrons. The number of aromatic nitrogens is 1. The lowest BCUT2D eigenvalue weighted by Crippen LogP contribution is -2.25. The molecule has 1 heterocycles. The minimum Gasteiger partial charge on any atom is -0.413 e. The van der Waals surface area contributed by atoms with Gasteiger partial charge in [0.05, 0.1) is 10.9 Å². The molecular formula is C14H10BrNO2. The largest absolute Gasteiger partial charge is 0.413 e. The van der Waals surface area contributed by atoms with Crippen LogP contribution in [0.2, 0.25) is 0 Å². The normalized spacial score (nSPS) is 11.0. The van der Waals surface area contributed by atoms with E-state index in [1.807, 2.05) is 42.5 Å². The van der Waals surface area contributed by atoms with Crippen molar-refractivity contribution in [2.75, 3.05) is 7.11 Å². The maximum atomic E-state index is 12.3. The van der Waals surface area contributed by atoms with E-state index in [0.29, 0.717) is 5.39 Å². The SMILES string of the molecule is COn1c(=O)c2ccccc2c2cc(Br)ccc21. The van der Waals surface area contributed by atoms with Crippen molar-refractivity contribution in [2.45, 2.75) is 0 Å². The van der Waals surface area contributed by atoms with Gasteiger partial charge in [-0.1, -0.05) is 34.1 Å². The van der Waals surface area contributed by atoms with Crippen LogP contribution in [0.5, 0.6) is 0 Å². The van der Waals surface area contributed by atoms with Crippen LogP contribution in [-0.2, 0) is 0 Å². The Kier molecular flexibility index (Phi) is 2.59. The first kappa shape index (κ1) is 11.3. The lowest BCUT2D eigenvalue weighted by molar-refractivity contribution is 0.170. The van der Waals surface area contributed by atoms with Crippen molar-refractivity contribution in [3.8, 4) is 0 Å². The maximum Gasteiger partial charge on any atom is 0.291 e. The molecular weight excluding hydrogens is 294 g/mol. The molecule has 0 saturated carbocycles. The number of hydrogen-bond acceptors (Lipinski definition) is 2. The maximum absolute atomic E-state index is 12.3. The van der Waals surface area contributed by atoms with Gasteiger partial charge in [0, 0.05) is 9.86 Å². The molecule has 3 rings (SSSR count). The van der Waals surface area contributed by atoms with Crippen LogP contribution < -0.4 is 10.4 Å². The van der Waals surface area contributed by atoms with E-state index in [1.54, 1.807) is 0 Å². The van der Waals surface area contributed by atoms with Gasteiger partial charge in [-0.15, -0.1) is 4.73 Å². The second-order valence-corrected chi connectivity index (χ2v) is 4.90. The third kappa shape index (κ3) is 1.53. The Morgan fingerprint density at radius 2 is 1.78 bits per heavy atom. The zero-order valence-corrected chi connectivity index (χ0v) is 11.3. The highest BCUT2D eigenvalue weighted by atomic mass is 79.9. The molecule has 0 fully saturated rings. The number of rotatable bonds is 1. The van der Waals surface area contributed by atoms with E-state index in [2.05, 4.69) is 15.9 Å². The second kappa shape index (κ2) is 4.14. The summed E-state index contributed by atoms with van der Waals surface area (Å²) in [6, 6.07) is 13.3. The van der Waals surface area contributed by atoms with E-state index >= 15 is 0 Å². The van der Waals surface area contributed by atoms with Gasteiger partial charge in [0.1, 0.15) is 7.11 Å². The van der Waals surface area contributed by atoms with Crippen molar-refractivity contribution in [1.29, 1.82) is 0 Å². The first-order valence-corrected chi connectivity index (χ1v) is 6.29. The molecule has 2 aromatic carbocycles. The number of halogens is 1. The first-order chi connectivity index (χ1) is 8.72. The molecule has 0 aliphatic carbocycles. The topological polar surface area (TPSA) is 31.2 Å². The average Bonchev–Trinajstić information content (AvgIpc) is 2.40. The zero-order chi connectivity index (χ0) is 12.7. The molecule has 0 bridgehead atoms. The lowest BCUT2D eigenvalue weighted by atomic mass is 10.1. The van der Waals surface area contributed by atoms with E-state index in [9.17, 15) is 4.79 Å². The molecule has 3 nitrogen and oxygen atoms in total. The van der Waals surface area contributed by atoms with Gasteiger partial charge in [0.25, 0.3) is 5.56 Å². The highest BCUT2D eigenvalue weighted by Gasteiger charge is 2.10. The molecule has 0 saturated heterocycles. The minimum atomic E-state index is -0.136. The van der Waals surface area contributed by atoms with Gasteiger partial charge in [0.2, 0.25) is 0 Å². The standard InChI is InChI=1S/C14H10BrNO2/c1-18-16-13-7-6-9(15)8-12(13)10-4-2-3-5-11(10)14(16)17/h2-8H,1H3. The van der Waals surface area contributed by atoms with Gasteiger partial charge in [-0.05, 0) is 29.7 Å². The lowest BCUT2D eigenvalue weighted by Gasteiger charge is -2.11. The van der Waals surface area contributed by atoms with Crippen LogP contribution in [0.1, 0.15) is 0 Å². The summed E-state index contributed by atoms with van der Waals surface area (Å²) in [5.41, 5.74) is 0.632. The molecule has 3 aromatic rings. The predicted octanol–water partition coefficient (Wildman–Crippen LogP) is 2.98. The monoisotopic (exact) mass is 303 g/mol. The summed E-state index contributed by atoms with van der Waals surface area (Å²) in [5, 5.41) is 2.58. The van der Waals surface area contributed by atoms with Crippen molar-refractivity contribution in [3.63, 3.8) is 0 Å². The molecule has 0 aliphatic rings. The number of hydrogen-bond donors (Lipinski definition) is 0. The number of nitrogens with zero attached hydrogens (tertiary/aromatic N) is 1. The van der Waals surface area contributed by atoms with Crippen LogP contribution in [0.3, 0.4) is 0 Å². The third-order valence-electron chi connectivity index (χ3n) is 2.99. The van der Waals surface area contributed by atoms with E-state index in [1.165, 1.54) is 11.8 Å². The van der Waals surface area contributed by atoms with Crippen LogP contribution in [-0.4, -0.2) is 11.8 Å². The highest BCUT2D eigenvalue weighted by molar-refractivity contribution is 9.10. The number of benzene rings is 2. The molecule has 0 unspecified atom stereocenters. The van der Waals surface area contributed by atoms with E-state index in [0.717, 1.165) is 20.8 Å². The fraction of sp³-hybridized carbons (Fsp3) is 0.0714. The van der Waals surface area contributed by atoms with Gasteiger partial charge in [0.15, 0.2) is 0 Å². The van der Waals surface area contributed by atoms with Gasteiger partial charge in [-0.25, -0.2) is 0 Å². The summed E-state index contributed by atoms with van der Waals surface area (Å²) in [4.78, 5) is 17.5. The van der Waals surface area contributed by atoms with Gasteiger partial charge < -0.3 is 4.84 Å². The van der Waals surface area contributed by atoms with Crippen LogP contribution in [0.15, 0.2) is 51.7 Å². The highest BCUT2D eigenvalue weighted by Crippen LogP contribution is 2.25. The molecule has 0 aliphatic heterocycles. The predicted molar refractivity (Wildman–Crippen MR) is 75.9 cm³/mol. The van der Waals surface area contributed by atoms with Crippen LogP contribution in [0.4, 0.5) is 0 Å². The van der Waals surface area contributed by atoms with Crippen LogP contribution in [0, 0.1) is 0 Å². The Morgan fingerprint density at radius 3 is 2.50 bits per heavy atom. The Balaban J connectivity index is 2.67. The van der Waals surface area contributed by atoms with Gasteiger partial charge in [-0.2, -0.15) is 0 Å². The average molecular weight is 304 g/mol. The molecule has 18 heavy (non-hydrogen) atoms. The summed E-state index contributed by atoms with van der Waals surface area (Å²) in [5.74, 6) is 0. The summed E-state index contributed by atoms with van der Waals surface area (Å²) >= 11 is 3.45. The van der Waals surface area contributed by atoms with E-state index < -0.39 is 0 Å². The van der Waals surface area contributed by atoms with Crippen LogP contribution >= 0.6 is 15.9 Å². The summed E-state index contributed by atoms with van der Waals surface area (Å²) in [7, 11) is 1.50. The van der Waals surface area contributed by atoms with Crippen molar-refractivity contribution in [1.82, 2.24) is 4.73 Å². The second-order valence-electron chi connectivity index (χ2n) is 3.99. The Labute approximate surface area is 112 Å². The molecule has 0 radical (unpaired) electrons. The number of fused-ring (bicyclic) bond motifs is 3. The molecule has 4 heteroatoms. The van der Waals surface area contributed by atoms with Gasteiger partial charge >= 0.3 is 0 Å². The van der Waals surface area contributed by atoms with Gasteiger partial charge in [-0.3, -0.25) is 4.79 Å². The molecule has 0 atom stereocenters. The van der Waals surface area contributed by atoms with E-state index in [4.69, 9.17) is 4.84 Å². The van der Waals surface area contributed by atoms with Crippen molar-refractivity contribution >= 4 is 37.6 Å². The van der Waals surface area contributed by atoms with E-state index in [-0.39, 0.29) is 5.56 Å². The Hall–Kier alpha value is -1.81. The zero-order valence-electron chi connectivity index (χ0n) is 9.68. The Morgan fingerprint density at radius 1 is 1.06 bits per heavy atom. The fourth-order valence-electron chi connectivity index (χ4n) is 2.21.